The summed E-state index contributed by atoms with van der Waals surface area (Å²) < 4.78 is 51.4. The number of aryl methyl sites for hydroxylation is 1. The Morgan fingerprint density at radius 3 is 2.47 bits per heavy atom. The summed E-state index contributed by atoms with van der Waals surface area (Å²) in [6.45, 7) is 3.12. The Morgan fingerprint density at radius 1 is 1.03 bits per heavy atom. The van der Waals surface area contributed by atoms with Crippen LogP contribution in [0.2, 0.25) is 0 Å². The highest BCUT2D eigenvalue weighted by Gasteiger charge is 2.40. The number of rotatable bonds is 8. The lowest BCUT2D eigenvalue weighted by Gasteiger charge is -2.35. The van der Waals surface area contributed by atoms with Crippen molar-refractivity contribution < 1.29 is 22.6 Å². The van der Waals surface area contributed by atoms with Crippen LogP contribution in [-0.4, -0.2) is 58.5 Å². The third kappa shape index (κ3) is 5.89. The highest BCUT2D eigenvalue weighted by atomic mass is 19.4. The zero-order valence-electron chi connectivity index (χ0n) is 18.9. The second-order valence-corrected chi connectivity index (χ2v) is 8.41. The number of halogens is 3. The number of terminal acetylenes is 1. The van der Waals surface area contributed by atoms with E-state index in [0.717, 1.165) is 49.2 Å². The average Bonchev–Trinajstić information content (AvgIpc) is 3.28. The molecule has 0 amide bonds. The van der Waals surface area contributed by atoms with Crippen molar-refractivity contribution in [2.24, 2.45) is 5.10 Å². The van der Waals surface area contributed by atoms with Crippen LogP contribution in [0.4, 0.5) is 13.2 Å². The van der Waals surface area contributed by atoms with Crippen LogP contribution >= 0.6 is 0 Å². The van der Waals surface area contributed by atoms with Crippen molar-refractivity contribution in [3.63, 3.8) is 0 Å². The molecule has 0 bridgehead atoms. The van der Waals surface area contributed by atoms with Gasteiger partial charge in [-0.25, -0.2) is 0 Å². The van der Waals surface area contributed by atoms with Gasteiger partial charge in [-0.05, 0) is 49.3 Å². The summed E-state index contributed by atoms with van der Waals surface area (Å²) >= 11 is 0. The summed E-state index contributed by atoms with van der Waals surface area (Å²) in [4.78, 5) is 2.09. The first kappa shape index (κ1) is 24.1. The van der Waals surface area contributed by atoms with E-state index in [1.54, 1.807) is 0 Å². The van der Waals surface area contributed by atoms with Crippen LogP contribution in [0.25, 0.3) is 0 Å². The summed E-state index contributed by atoms with van der Waals surface area (Å²) in [5.74, 6) is 3.55. The molecule has 1 fully saturated rings. The van der Waals surface area contributed by atoms with Crippen molar-refractivity contribution in [3.8, 4) is 18.1 Å². The Hall–Kier alpha value is -3.06. The van der Waals surface area contributed by atoms with E-state index >= 15 is 0 Å². The summed E-state index contributed by atoms with van der Waals surface area (Å²) in [5, 5.41) is 11.2. The van der Waals surface area contributed by atoms with Crippen LogP contribution in [0.15, 0.2) is 29.4 Å². The van der Waals surface area contributed by atoms with Gasteiger partial charge >= 0.3 is 6.18 Å². The van der Waals surface area contributed by atoms with E-state index < -0.39 is 12.0 Å². The van der Waals surface area contributed by atoms with Gasteiger partial charge in [0.1, 0.15) is 18.2 Å². The number of unbranched alkanes of at least 4 members (excludes halogenated alkanes) is 1. The molecule has 4 rings (SSSR count). The first-order valence-corrected chi connectivity index (χ1v) is 11.5. The number of aromatic nitrogens is 3. The smallest absolute Gasteiger partial charge is 0.453 e. The van der Waals surface area contributed by atoms with Gasteiger partial charge in [0.25, 0.3) is 5.82 Å². The van der Waals surface area contributed by atoms with Crippen LogP contribution in [0.1, 0.15) is 55.2 Å². The lowest BCUT2D eigenvalue weighted by molar-refractivity contribution is -0.147. The zero-order valence-corrected chi connectivity index (χ0v) is 18.9. The molecular weight excluding hydrogens is 447 g/mol. The minimum atomic E-state index is -4.57. The monoisotopic (exact) mass is 475 g/mol. The minimum absolute atomic E-state index is 0.255. The molecule has 2 aromatic rings. The molecule has 0 unspecified atom stereocenters. The average molecular weight is 476 g/mol. The fourth-order valence-corrected chi connectivity index (χ4v) is 4.29. The maximum atomic E-state index is 13.2. The number of benzene rings is 1. The van der Waals surface area contributed by atoms with Gasteiger partial charge in [-0.1, -0.05) is 18.1 Å². The molecule has 0 N–H and O–H groups in total. The van der Waals surface area contributed by atoms with Crippen molar-refractivity contribution in [2.75, 3.05) is 32.9 Å². The summed E-state index contributed by atoms with van der Waals surface area (Å²) in [6, 6.07) is 8.19. The first-order valence-electron chi connectivity index (χ1n) is 11.5. The number of alkyl halides is 3. The lowest BCUT2D eigenvalue weighted by Crippen LogP contribution is -2.40. The fraction of sp³-hybridized carbons (Fsp3) is 0.542. The number of fused-ring (bicyclic) bond motifs is 1. The number of hydrogen-bond donors (Lipinski definition) is 0. The van der Waals surface area contributed by atoms with Gasteiger partial charge in [0.05, 0.1) is 6.61 Å². The van der Waals surface area contributed by atoms with E-state index in [4.69, 9.17) is 15.9 Å². The van der Waals surface area contributed by atoms with Crippen molar-refractivity contribution >= 4 is 5.84 Å². The standard InChI is InChI=1S/C24H28F3N5O2/c1-2-15-33-16-3-4-17-34-20-7-5-18(6-8-20)19-11-13-31(14-12-19)22-10-9-21-28-29-23(24(25,26)27)32(21)30-22/h1,5-8,19H,3-4,9-17H2. The second kappa shape index (κ2) is 10.9. The zero-order chi connectivity index (χ0) is 24.0. The van der Waals surface area contributed by atoms with E-state index in [9.17, 15) is 13.2 Å². The number of amidine groups is 1. The normalized spacial score (nSPS) is 16.6. The van der Waals surface area contributed by atoms with Crippen LogP contribution in [-0.2, 0) is 17.3 Å². The van der Waals surface area contributed by atoms with Gasteiger partial charge in [0.2, 0.25) is 0 Å². The highest BCUT2D eigenvalue weighted by molar-refractivity contribution is 5.83. The van der Waals surface area contributed by atoms with Crippen molar-refractivity contribution in [3.05, 3.63) is 41.5 Å². The predicted octanol–water partition coefficient (Wildman–Crippen LogP) is 4.09. The van der Waals surface area contributed by atoms with E-state index in [-0.39, 0.29) is 5.82 Å². The molecule has 1 aromatic carbocycles. The minimum Gasteiger partial charge on any atom is -0.494 e. The van der Waals surface area contributed by atoms with Crippen LogP contribution in [0.5, 0.6) is 5.75 Å². The maximum Gasteiger partial charge on any atom is 0.453 e. The van der Waals surface area contributed by atoms with Crippen LogP contribution in [0, 0.1) is 12.3 Å². The van der Waals surface area contributed by atoms with Crippen molar-refractivity contribution in [2.45, 2.75) is 50.6 Å². The van der Waals surface area contributed by atoms with Crippen molar-refractivity contribution in [1.82, 2.24) is 19.8 Å². The summed E-state index contributed by atoms with van der Waals surface area (Å²) in [6.07, 6.45) is 5.17. The van der Waals surface area contributed by atoms with Gasteiger partial charge in [0.15, 0.2) is 5.82 Å². The summed E-state index contributed by atoms with van der Waals surface area (Å²) in [5.41, 5.74) is 1.25. The van der Waals surface area contributed by atoms with E-state index in [1.165, 1.54) is 5.56 Å². The topological polar surface area (TPSA) is 64.8 Å². The molecule has 2 aliphatic heterocycles. The highest BCUT2D eigenvalue weighted by Crippen LogP contribution is 2.32. The molecule has 0 aliphatic carbocycles. The molecule has 2 aliphatic rings. The number of nitrogens with zero attached hydrogens (tertiary/aromatic N) is 5. The molecule has 0 spiro atoms. The molecule has 3 heterocycles. The van der Waals surface area contributed by atoms with E-state index in [0.29, 0.717) is 44.4 Å². The molecule has 34 heavy (non-hydrogen) atoms. The van der Waals surface area contributed by atoms with Crippen LogP contribution < -0.4 is 4.74 Å². The molecule has 1 aromatic heterocycles. The Balaban J connectivity index is 1.26. The molecule has 0 atom stereocenters. The maximum absolute atomic E-state index is 13.2. The molecular formula is C24H28F3N5O2. The molecule has 0 radical (unpaired) electrons. The number of ether oxygens (including phenoxy) is 2. The van der Waals surface area contributed by atoms with Gasteiger partial charge in [-0.15, -0.1) is 16.6 Å². The second-order valence-electron chi connectivity index (χ2n) is 8.41. The Kier molecular flexibility index (Phi) is 7.73. The predicted molar refractivity (Wildman–Crippen MR) is 121 cm³/mol. The number of likely N-dealkylation sites (tertiary alicyclic amines) is 1. The molecule has 0 saturated carbocycles. The third-order valence-electron chi connectivity index (χ3n) is 6.10. The van der Waals surface area contributed by atoms with Gasteiger partial charge < -0.3 is 14.4 Å². The SMILES string of the molecule is C#CCOCCCCOc1ccc(C2CCN(C3=Nn4c(nnc4C(F)(F)F)CC3)CC2)cc1. The van der Waals surface area contributed by atoms with E-state index in [1.807, 2.05) is 12.1 Å². The largest absolute Gasteiger partial charge is 0.494 e. The lowest BCUT2D eigenvalue weighted by atomic mass is 9.89. The quantitative estimate of drug-likeness (QED) is 0.425. The van der Waals surface area contributed by atoms with Gasteiger partial charge in [-0.2, -0.15) is 22.9 Å². The Labute approximate surface area is 196 Å². The third-order valence-corrected chi connectivity index (χ3v) is 6.10. The van der Waals surface area contributed by atoms with E-state index in [2.05, 4.69) is 38.3 Å². The molecule has 1 saturated heterocycles. The fourth-order valence-electron chi connectivity index (χ4n) is 4.29. The molecule has 7 nitrogen and oxygen atoms in total. The Morgan fingerprint density at radius 2 is 1.76 bits per heavy atom. The summed E-state index contributed by atoms with van der Waals surface area (Å²) in [7, 11) is 0. The van der Waals surface area contributed by atoms with Gasteiger partial charge in [0, 0.05) is 32.5 Å². The number of hydrogen-bond acceptors (Lipinski definition) is 6. The van der Waals surface area contributed by atoms with Gasteiger partial charge in [-0.3, -0.25) is 0 Å². The Bertz CT molecular complexity index is 1020. The molecule has 182 valence electrons. The molecule has 10 heteroatoms. The van der Waals surface area contributed by atoms with Crippen molar-refractivity contribution in [1.29, 1.82) is 0 Å². The first-order chi connectivity index (χ1) is 16.5. The number of piperidine rings is 1. The van der Waals surface area contributed by atoms with Crippen LogP contribution in [0.3, 0.4) is 0 Å².